The molecule has 18 heteroatoms. The first kappa shape index (κ1) is 38.6. The quantitative estimate of drug-likeness (QED) is 0.245. The fraction of sp³-hybridized carbons (Fsp3) is 0. The average molecular weight is 448 g/mol. The zero-order valence-electron chi connectivity index (χ0n) is 11.5. The smallest absolute Gasteiger partial charge is 0.543 e. The molecule has 0 radical (unpaired) electrons. The monoisotopic (exact) mass is 448 g/mol. The van der Waals surface area contributed by atoms with Crippen molar-refractivity contribution in [1.29, 1.82) is 0 Å². The third kappa shape index (κ3) is 49.6. The Morgan fingerprint density at radius 3 is 0.308 bits per heavy atom. The Labute approximate surface area is 170 Å². The van der Waals surface area contributed by atoms with E-state index >= 15 is 0 Å². The van der Waals surface area contributed by atoms with Crippen molar-refractivity contribution in [3.8, 4) is 0 Å². The van der Waals surface area contributed by atoms with Gasteiger partial charge in [-0.1, -0.05) is 0 Å². The molecule has 0 aliphatic heterocycles. The molecular weight excluding hydrogens is 448 g/mol. The van der Waals surface area contributed by atoms with Crippen molar-refractivity contribution in [2.75, 3.05) is 0 Å². The molecule has 0 aromatic carbocycles. The van der Waals surface area contributed by atoms with Gasteiger partial charge in [0.2, 0.25) is 0 Å². The molecule has 16 nitrogen and oxygen atoms in total. The van der Waals surface area contributed by atoms with E-state index in [4.69, 9.17) is 79.2 Å². The molecule has 0 unspecified atom stereocenters. The van der Waals surface area contributed by atoms with Gasteiger partial charge in [0.15, 0.2) is 0 Å². The summed E-state index contributed by atoms with van der Waals surface area (Å²) in [4.78, 5) is 71.4. The summed E-state index contributed by atoms with van der Waals surface area (Å²) in [5.41, 5.74) is 0. The average Bonchev–Trinajstić information content (AvgIpc) is 2.40. The van der Waals surface area contributed by atoms with Crippen LogP contribution in [0.15, 0.2) is 0 Å². The molecule has 0 bridgehead atoms. The second-order valence-electron chi connectivity index (χ2n) is 2.30. The summed E-state index contributed by atoms with van der Waals surface area (Å²) in [7, 11) is 0. The van der Waals surface area contributed by atoms with Crippen LogP contribution < -0.4 is 40.9 Å². The third-order valence-electron chi connectivity index (χ3n) is 0.667. The predicted molar refractivity (Wildman–Crippen MR) is 40.1 cm³/mol. The normalized spacial score (nSPS) is 6.77. The predicted octanol–water partition coefficient (Wildman–Crippen LogP) is -14.1. The van der Waals surface area contributed by atoms with E-state index in [1.165, 1.54) is 0 Å². The van der Waals surface area contributed by atoms with Crippen LogP contribution in [0.5, 0.6) is 0 Å². The van der Waals surface area contributed by atoms with Gasteiger partial charge in [-0.15, -0.1) is 0 Å². The summed E-state index contributed by atoms with van der Waals surface area (Å²) in [6.45, 7) is 0. The number of hydrogen-bond acceptors (Lipinski definition) is 16. The van der Waals surface area contributed by atoms with Crippen molar-refractivity contribution >= 4 is 47.8 Å². The van der Waals surface area contributed by atoms with E-state index in [1.54, 1.807) is 0 Å². The van der Waals surface area contributed by atoms with Crippen LogP contribution in [0.2, 0.25) is 0 Å². The number of rotatable bonds is 0. The van der Waals surface area contributed by atoms with Gasteiger partial charge in [0.25, 0.3) is 0 Å². The van der Waals surface area contributed by atoms with Gasteiger partial charge < -0.3 is 79.2 Å². The molecule has 0 amide bonds. The van der Waals surface area contributed by atoms with Gasteiger partial charge in [0.1, 0.15) is 0 Å². The topological polar surface area (TPSA) is 321 Å². The van der Waals surface area contributed by atoms with E-state index in [-0.39, 0.29) is 43.4 Å². The van der Waals surface area contributed by atoms with Crippen molar-refractivity contribution in [2.24, 2.45) is 0 Å². The first-order chi connectivity index (χ1) is 10.6. The van der Waals surface area contributed by atoms with E-state index < -0.39 is 47.8 Å². The molecule has 0 fully saturated rings. The molecule has 0 aromatic heterocycles. The first-order valence-electron chi connectivity index (χ1n) is 4.27. The van der Waals surface area contributed by atoms with Crippen LogP contribution >= 0.6 is 0 Å². The molecule has 0 spiro atoms. The van der Waals surface area contributed by atoms with Gasteiger partial charge in [-0.25, -0.2) is 0 Å². The summed E-state index contributed by atoms with van der Waals surface area (Å²) in [5, 5.41) is 71.4. The minimum absolute atomic E-state index is 0. The van der Waals surface area contributed by atoms with Crippen LogP contribution in [0.4, 0.5) is 0 Å². The molecule has 0 N–H and O–H groups in total. The molecule has 0 saturated heterocycles. The molecule has 0 rings (SSSR count). The number of carboxylic acids is 8. The van der Waals surface area contributed by atoms with Gasteiger partial charge in [-0.2, -0.15) is 0 Å². The number of carbonyl (C=O) groups is 8. The fourth-order valence-electron chi connectivity index (χ4n) is 0. The zero-order valence-corrected chi connectivity index (χ0v) is 14.7. The van der Waals surface area contributed by atoms with Crippen LogP contribution in [0.3, 0.4) is 0 Å². The largest absolute Gasteiger partial charge is 4.00 e. The summed E-state index contributed by atoms with van der Waals surface area (Å²) >= 11 is 0. The number of carbonyl (C=O) groups excluding carboxylic acids is 8. The second-order valence-corrected chi connectivity index (χ2v) is 2.30. The van der Waals surface area contributed by atoms with E-state index in [9.17, 15) is 0 Å². The third-order valence-corrected chi connectivity index (χ3v) is 0.667. The number of carboxylic acid groups (broad SMARTS) is 8. The van der Waals surface area contributed by atoms with Gasteiger partial charge in [-0.05, 0) is 0 Å². The standard InChI is InChI=1S/4C2H2O4.2Ti/c4*3-1(4)2(5)6;;/h4*(H,3,4)(H,5,6);;/q;;;;2*+4/p-8. The number of aliphatic carboxylic acids is 8. The van der Waals surface area contributed by atoms with Crippen LogP contribution in [0, 0.1) is 0 Å². The molecule has 0 aliphatic carbocycles. The van der Waals surface area contributed by atoms with Crippen molar-refractivity contribution < 1.29 is 123 Å². The number of hydrogen-bond donors (Lipinski definition) is 0. The summed E-state index contributed by atoms with van der Waals surface area (Å²) in [6.07, 6.45) is 0. The van der Waals surface area contributed by atoms with Crippen molar-refractivity contribution in [2.45, 2.75) is 0 Å². The van der Waals surface area contributed by atoms with Gasteiger partial charge in [-0.3, -0.25) is 0 Å². The zero-order chi connectivity index (χ0) is 20.6. The first-order valence-corrected chi connectivity index (χ1v) is 4.27. The maximum absolute atomic E-state index is 8.93. The van der Waals surface area contributed by atoms with Crippen molar-refractivity contribution in [3.05, 3.63) is 0 Å². The Balaban J connectivity index is -0.0000000500. The molecule has 0 atom stereocenters. The van der Waals surface area contributed by atoms with Crippen molar-refractivity contribution in [3.63, 3.8) is 0 Å². The fourth-order valence-corrected chi connectivity index (χ4v) is 0. The Bertz CT molecular complexity index is 392. The second kappa shape index (κ2) is 22.2. The van der Waals surface area contributed by atoms with E-state index in [1.807, 2.05) is 0 Å². The van der Waals surface area contributed by atoms with E-state index in [0.29, 0.717) is 0 Å². The van der Waals surface area contributed by atoms with Crippen LogP contribution in [0.1, 0.15) is 0 Å². The molecule has 0 aromatic rings. The summed E-state index contributed by atoms with van der Waals surface area (Å²) < 4.78 is 0. The van der Waals surface area contributed by atoms with Crippen molar-refractivity contribution in [1.82, 2.24) is 0 Å². The molecule has 0 saturated carbocycles. The molecular formula is C8O16Ti2. The van der Waals surface area contributed by atoms with Gasteiger partial charge in [0.05, 0.1) is 47.8 Å². The Kier molecular flexibility index (Phi) is 33.0. The SMILES string of the molecule is O=C([O-])C(=O)[O-].O=C([O-])C(=O)[O-].O=C([O-])C(=O)[O-].O=C([O-])C(=O)[O-].[Ti+4].[Ti+4]. The summed E-state index contributed by atoms with van der Waals surface area (Å²) in [6, 6.07) is 0. The van der Waals surface area contributed by atoms with Crippen LogP contribution in [-0.2, 0) is 81.8 Å². The minimum Gasteiger partial charge on any atom is -0.543 e. The van der Waals surface area contributed by atoms with Crippen LogP contribution in [-0.4, -0.2) is 47.8 Å². The molecule has 0 heterocycles. The molecule has 0 aliphatic rings. The van der Waals surface area contributed by atoms with E-state index in [2.05, 4.69) is 0 Å². The Hall–Kier alpha value is -2.81. The molecule has 26 heavy (non-hydrogen) atoms. The van der Waals surface area contributed by atoms with Crippen LogP contribution in [0.25, 0.3) is 0 Å². The maximum atomic E-state index is 8.93. The van der Waals surface area contributed by atoms with E-state index in [0.717, 1.165) is 0 Å². The van der Waals surface area contributed by atoms with Gasteiger partial charge in [0, 0.05) is 0 Å². The summed E-state index contributed by atoms with van der Waals surface area (Å²) in [5.74, 6) is -17.5. The van der Waals surface area contributed by atoms with Gasteiger partial charge >= 0.3 is 43.4 Å². The maximum Gasteiger partial charge on any atom is 4.00 e. The minimum atomic E-state index is -2.19. The Morgan fingerprint density at radius 2 is 0.308 bits per heavy atom. The molecule has 136 valence electrons. The Morgan fingerprint density at radius 1 is 0.269 bits per heavy atom.